The van der Waals surface area contributed by atoms with E-state index in [9.17, 15) is 0 Å². The molecular formula is C14H17ClN4OS2. The van der Waals surface area contributed by atoms with Gasteiger partial charge in [-0.3, -0.25) is 0 Å². The minimum absolute atomic E-state index is 0.293. The Bertz CT molecular complexity index is 652. The first-order valence-electron chi connectivity index (χ1n) is 7.04. The van der Waals surface area contributed by atoms with Crippen molar-refractivity contribution in [2.24, 2.45) is 0 Å². The summed E-state index contributed by atoms with van der Waals surface area (Å²) in [6.45, 7) is 6.38. The summed E-state index contributed by atoms with van der Waals surface area (Å²) >= 11 is 9.43. The highest BCUT2D eigenvalue weighted by Crippen LogP contribution is 2.27. The molecule has 1 aliphatic rings. The molecule has 3 heterocycles. The number of halogens is 1. The molecule has 0 N–H and O–H groups in total. The molecule has 2 aromatic heterocycles. The number of thioether (sulfide) groups is 1. The summed E-state index contributed by atoms with van der Waals surface area (Å²) in [7, 11) is 0. The fraction of sp³-hybridized carbons (Fsp3) is 0.500. The lowest BCUT2D eigenvalue weighted by molar-refractivity contribution is 0.0985. The summed E-state index contributed by atoms with van der Waals surface area (Å²) in [5.41, 5.74) is 1.97. The molecule has 0 bridgehead atoms. The number of morpholine rings is 1. The Hall–Kier alpha value is -0.890. The molecule has 0 spiro atoms. The van der Waals surface area contributed by atoms with Crippen LogP contribution in [0.2, 0.25) is 5.28 Å². The normalized spacial score (nSPS) is 18.7. The van der Waals surface area contributed by atoms with Crippen LogP contribution in [0, 0.1) is 6.92 Å². The van der Waals surface area contributed by atoms with E-state index in [1.165, 1.54) is 0 Å². The first-order chi connectivity index (χ1) is 10.6. The lowest BCUT2D eigenvalue weighted by atomic mass is 10.2. The average Bonchev–Trinajstić information content (AvgIpc) is 2.91. The van der Waals surface area contributed by atoms with E-state index in [-0.39, 0.29) is 0 Å². The van der Waals surface area contributed by atoms with Gasteiger partial charge in [0.1, 0.15) is 10.2 Å². The molecule has 1 aliphatic heterocycles. The average molecular weight is 357 g/mol. The summed E-state index contributed by atoms with van der Waals surface area (Å²) in [5.74, 6) is 1.61. The highest BCUT2D eigenvalue weighted by atomic mass is 35.5. The van der Waals surface area contributed by atoms with Crippen molar-refractivity contribution in [3.63, 3.8) is 0 Å². The Labute approximate surface area is 143 Å². The number of rotatable bonds is 4. The molecule has 0 radical (unpaired) electrons. The van der Waals surface area contributed by atoms with Crippen molar-refractivity contribution in [3.8, 4) is 0 Å². The maximum Gasteiger partial charge on any atom is 0.224 e. The largest absolute Gasteiger partial charge is 0.377 e. The fourth-order valence-corrected chi connectivity index (χ4v) is 4.21. The summed E-state index contributed by atoms with van der Waals surface area (Å²) < 4.78 is 6.52. The molecule has 118 valence electrons. The predicted octanol–water partition coefficient (Wildman–Crippen LogP) is 3.41. The number of aryl methyl sites for hydroxylation is 1. The van der Waals surface area contributed by atoms with Crippen LogP contribution in [0.1, 0.15) is 18.3 Å². The van der Waals surface area contributed by atoms with E-state index in [2.05, 4.69) is 32.2 Å². The van der Waals surface area contributed by atoms with Crippen molar-refractivity contribution in [2.45, 2.75) is 30.0 Å². The first-order valence-corrected chi connectivity index (χ1v) is 9.29. The molecule has 1 fully saturated rings. The number of thiazole rings is 1. The van der Waals surface area contributed by atoms with Gasteiger partial charge in [-0.05, 0) is 25.4 Å². The van der Waals surface area contributed by atoms with Crippen molar-refractivity contribution < 1.29 is 4.74 Å². The van der Waals surface area contributed by atoms with E-state index in [1.54, 1.807) is 23.1 Å². The van der Waals surface area contributed by atoms with E-state index in [0.717, 1.165) is 33.8 Å². The Balaban J connectivity index is 1.74. The molecule has 5 nitrogen and oxygen atoms in total. The van der Waals surface area contributed by atoms with Gasteiger partial charge in [0.15, 0.2) is 0 Å². The minimum Gasteiger partial charge on any atom is -0.377 e. The molecule has 0 aliphatic carbocycles. The summed E-state index contributed by atoms with van der Waals surface area (Å²) in [5, 5.41) is 2.35. The van der Waals surface area contributed by atoms with Crippen molar-refractivity contribution in [1.82, 2.24) is 15.0 Å². The monoisotopic (exact) mass is 356 g/mol. The number of hydrogen-bond acceptors (Lipinski definition) is 7. The quantitative estimate of drug-likeness (QED) is 0.618. The second-order valence-electron chi connectivity index (χ2n) is 5.15. The van der Waals surface area contributed by atoms with Crippen LogP contribution in [0.4, 0.5) is 5.82 Å². The number of anilines is 1. The zero-order chi connectivity index (χ0) is 15.5. The predicted molar refractivity (Wildman–Crippen MR) is 91.1 cm³/mol. The number of ether oxygens (including phenoxy) is 1. The third kappa shape index (κ3) is 3.90. The second kappa shape index (κ2) is 7.12. The minimum atomic E-state index is 0.293. The molecule has 2 aromatic rings. The Morgan fingerprint density at radius 2 is 2.32 bits per heavy atom. The summed E-state index contributed by atoms with van der Waals surface area (Å²) in [6, 6.07) is 2.31. The Morgan fingerprint density at radius 1 is 1.45 bits per heavy atom. The molecule has 1 saturated heterocycles. The Morgan fingerprint density at radius 3 is 3.05 bits per heavy atom. The van der Waals surface area contributed by atoms with Gasteiger partial charge >= 0.3 is 0 Å². The third-order valence-electron chi connectivity index (χ3n) is 3.34. The van der Waals surface area contributed by atoms with Crippen molar-refractivity contribution in [2.75, 3.05) is 24.7 Å². The maximum atomic E-state index is 6.10. The molecule has 1 atom stereocenters. The van der Waals surface area contributed by atoms with Gasteiger partial charge in [0.2, 0.25) is 5.28 Å². The molecule has 3 rings (SSSR count). The standard InChI is InChI=1S/C14H17ClN4OS2/c1-9-7-21-14(16-9)22-8-11-5-12(18-13(15)17-11)19-3-4-20-6-10(19)2/h5,7,10H,3-4,6,8H2,1-2H3/t10-/m0/s1. The van der Waals surface area contributed by atoms with E-state index in [1.807, 2.05) is 13.0 Å². The van der Waals surface area contributed by atoms with Crippen molar-refractivity contribution in [1.29, 1.82) is 0 Å². The third-order valence-corrected chi connectivity index (χ3v) is 5.68. The van der Waals surface area contributed by atoms with E-state index >= 15 is 0 Å². The molecule has 8 heteroatoms. The van der Waals surface area contributed by atoms with Gasteiger partial charge in [0.25, 0.3) is 0 Å². The second-order valence-corrected chi connectivity index (χ2v) is 7.57. The van der Waals surface area contributed by atoms with Gasteiger partial charge in [-0.25, -0.2) is 15.0 Å². The van der Waals surface area contributed by atoms with E-state index < -0.39 is 0 Å². The van der Waals surface area contributed by atoms with Crippen LogP contribution in [0.5, 0.6) is 0 Å². The van der Waals surface area contributed by atoms with E-state index in [4.69, 9.17) is 16.3 Å². The zero-order valence-electron chi connectivity index (χ0n) is 12.5. The lowest BCUT2D eigenvalue weighted by Gasteiger charge is -2.34. The maximum absolute atomic E-state index is 6.10. The molecule has 0 unspecified atom stereocenters. The van der Waals surface area contributed by atoms with Crippen LogP contribution >= 0.6 is 34.7 Å². The summed E-state index contributed by atoms with van der Waals surface area (Å²) in [6.07, 6.45) is 0. The van der Waals surface area contributed by atoms with Crippen LogP contribution in [0.25, 0.3) is 0 Å². The zero-order valence-corrected chi connectivity index (χ0v) is 14.8. The van der Waals surface area contributed by atoms with Crippen LogP contribution in [0.15, 0.2) is 15.8 Å². The highest BCUT2D eigenvalue weighted by Gasteiger charge is 2.21. The van der Waals surface area contributed by atoms with Crippen LogP contribution < -0.4 is 4.90 Å². The smallest absolute Gasteiger partial charge is 0.224 e. The fourth-order valence-electron chi connectivity index (χ4n) is 2.27. The van der Waals surface area contributed by atoms with Crippen molar-refractivity contribution in [3.05, 3.63) is 28.1 Å². The topological polar surface area (TPSA) is 51.1 Å². The number of hydrogen-bond donors (Lipinski definition) is 0. The van der Waals surface area contributed by atoms with E-state index in [0.29, 0.717) is 24.5 Å². The molecular weight excluding hydrogens is 340 g/mol. The van der Waals surface area contributed by atoms with Gasteiger partial charge < -0.3 is 9.64 Å². The molecule has 0 saturated carbocycles. The molecule has 0 aromatic carbocycles. The van der Waals surface area contributed by atoms with Gasteiger partial charge in [-0.2, -0.15) is 0 Å². The van der Waals surface area contributed by atoms with Gasteiger partial charge in [0, 0.05) is 29.4 Å². The Kier molecular flexibility index (Phi) is 5.18. The summed E-state index contributed by atoms with van der Waals surface area (Å²) in [4.78, 5) is 15.4. The van der Waals surface area contributed by atoms with Crippen LogP contribution in [-0.2, 0) is 10.5 Å². The SMILES string of the molecule is Cc1csc(SCc2cc(N3CCOC[C@@H]3C)nc(Cl)n2)n1. The van der Waals surface area contributed by atoms with Crippen LogP contribution in [0.3, 0.4) is 0 Å². The van der Waals surface area contributed by atoms with Gasteiger partial charge in [0.05, 0.1) is 24.9 Å². The lowest BCUT2D eigenvalue weighted by Crippen LogP contribution is -2.44. The van der Waals surface area contributed by atoms with Crippen LogP contribution in [-0.4, -0.2) is 40.8 Å². The molecule has 0 amide bonds. The number of nitrogens with zero attached hydrogens (tertiary/aromatic N) is 4. The van der Waals surface area contributed by atoms with Crippen molar-refractivity contribution >= 4 is 40.5 Å². The highest BCUT2D eigenvalue weighted by molar-refractivity contribution is 8.00. The van der Waals surface area contributed by atoms with Gasteiger partial charge in [-0.15, -0.1) is 11.3 Å². The number of aromatic nitrogens is 3. The van der Waals surface area contributed by atoms with Gasteiger partial charge in [-0.1, -0.05) is 11.8 Å². The molecule has 22 heavy (non-hydrogen) atoms. The first kappa shape index (κ1) is 16.0.